The summed E-state index contributed by atoms with van der Waals surface area (Å²) >= 11 is 0. The average Bonchev–Trinajstić information content (AvgIpc) is 2.22. The maximum absolute atomic E-state index is 11.7. The zero-order chi connectivity index (χ0) is 14.3. The van der Waals surface area contributed by atoms with Gasteiger partial charge in [-0.1, -0.05) is 54.9 Å². The molecule has 18 heavy (non-hydrogen) atoms. The third-order valence-electron chi connectivity index (χ3n) is 3.05. The van der Waals surface area contributed by atoms with Gasteiger partial charge in [-0.25, -0.2) is 4.79 Å². The van der Waals surface area contributed by atoms with Crippen LogP contribution >= 0.6 is 0 Å². The first-order chi connectivity index (χ1) is 8.19. The Balaban J connectivity index is 4.18. The highest BCUT2D eigenvalue weighted by Gasteiger charge is 2.25. The van der Waals surface area contributed by atoms with Crippen molar-refractivity contribution in [3.05, 3.63) is 0 Å². The van der Waals surface area contributed by atoms with Crippen LogP contribution < -0.4 is 0 Å². The van der Waals surface area contributed by atoms with E-state index >= 15 is 0 Å². The predicted octanol–water partition coefficient (Wildman–Crippen LogP) is 4.65. The van der Waals surface area contributed by atoms with Crippen molar-refractivity contribution in [1.29, 1.82) is 0 Å². The molecule has 0 saturated carbocycles. The number of hydrogen-bond donors (Lipinski definition) is 0. The van der Waals surface area contributed by atoms with Gasteiger partial charge in [0.2, 0.25) is 0 Å². The molecule has 0 aliphatic heterocycles. The maximum Gasteiger partial charge on any atom is 0.508 e. The molecular formula is C15H30O3. The summed E-state index contributed by atoms with van der Waals surface area (Å²) in [6.45, 7) is 15.0. The van der Waals surface area contributed by atoms with E-state index in [0.29, 0.717) is 18.4 Å². The molecule has 0 spiro atoms. The minimum atomic E-state index is -0.536. The Morgan fingerprint density at radius 3 is 2.00 bits per heavy atom. The Kier molecular flexibility index (Phi) is 7.34. The fourth-order valence-electron chi connectivity index (χ4n) is 2.19. The summed E-state index contributed by atoms with van der Waals surface area (Å²) < 4.78 is 10.6. The third-order valence-corrected chi connectivity index (χ3v) is 3.05. The standard InChI is InChI=1S/C15H30O3/c1-8-9-15(6,7)10-17-14(16)18-13(11(2)3)12(4)5/h11-13H,8-10H2,1-7H3. The summed E-state index contributed by atoms with van der Waals surface area (Å²) in [6.07, 6.45) is 1.52. The molecule has 3 heteroatoms. The second kappa shape index (κ2) is 7.65. The molecule has 0 aromatic carbocycles. The lowest BCUT2D eigenvalue weighted by Gasteiger charge is -2.27. The van der Waals surface area contributed by atoms with Gasteiger partial charge in [0.15, 0.2) is 0 Å². The van der Waals surface area contributed by atoms with Crippen LogP contribution in [0.3, 0.4) is 0 Å². The largest absolute Gasteiger partial charge is 0.508 e. The quantitative estimate of drug-likeness (QED) is 0.624. The lowest BCUT2D eigenvalue weighted by Crippen LogP contribution is -2.30. The third kappa shape index (κ3) is 6.87. The maximum atomic E-state index is 11.7. The Morgan fingerprint density at radius 2 is 1.61 bits per heavy atom. The minimum absolute atomic E-state index is 0.0267. The van der Waals surface area contributed by atoms with Crippen LogP contribution in [0.15, 0.2) is 0 Å². The van der Waals surface area contributed by atoms with Crippen LogP contribution in [0, 0.1) is 17.3 Å². The van der Waals surface area contributed by atoms with Gasteiger partial charge in [-0.2, -0.15) is 0 Å². The monoisotopic (exact) mass is 258 g/mol. The smallest absolute Gasteiger partial charge is 0.434 e. The molecule has 0 saturated heterocycles. The Morgan fingerprint density at radius 1 is 1.11 bits per heavy atom. The highest BCUT2D eigenvalue weighted by molar-refractivity contribution is 5.60. The molecule has 0 bridgehead atoms. The van der Waals surface area contributed by atoms with Crippen molar-refractivity contribution < 1.29 is 14.3 Å². The van der Waals surface area contributed by atoms with Crippen LogP contribution in [-0.2, 0) is 9.47 Å². The molecule has 0 aliphatic rings. The highest BCUT2D eigenvalue weighted by Crippen LogP contribution is 2.23. The van der Waals surface area contributed by atoms with Crippen molar-refractivity contribution in [2.75, 3.05) is 6.61 Å². The summed E-state index contributed by atoms with van der Waals surface area (Å²) in [7, 11) is 0. The molecule has 0 rings (SSSR count). The lowest BCUT2D eigenvalue weighted by atomic mass is 9.89. The molecule has 0 unspecified atom stereocenters. The lowest BCUT2D eigenvalue weighted by molar-refractivity contribution is -0.0241. The van der Waals surface area contributed by atoms with Crippen LogP contribution in [0.25, 0.3) is 0 Å². The number of ether oxygens (including phenoxy) is 2. The summed E-state index contributed by atoms with van der Waals surface area (Å²) in [6, 6.07) is 0. The predicted molar refractivity (Wildman–Crippen MR) is 74.6 cm³/mol. The zero-order valence-electron chi connectivity index (χ0n) is 13.1. The molecule has 0 amide bonds. The van der Waals surface area contributed by atoms with Crippen molar-refractivity contribution >= 4 is 6.16 Å². The fourth-order valence-corrected chi connectivity index (χ4v) is 2.19. The van der Waals surface area contributed by atoms with E-state index < -0.39 is 6.16 Å². The van der Waals surface area contributed by atoms with E-state index in [1.54, 1.807) is 0 Å². The first kappa shape index (κ1) is 17.3. The van der Waals surface area contributed by atoms with Gasteiger partial charge in [0.05, 0.1) is 0 Å². The van der Waals surface area contributed by atoms with Gasteiger partial charge < -0.3 is 9.47 Å². The molecule has 0 aromatic rings. The molecule has 0 aliphatic carbocycles. The van der Waals surface area contributed by atoms with Crippen LogP contribution in [-0.4, -0.2) is 18.9 Å². The van der Waals surface area contributed by atoms with Crippen molar-refractivity contribution in [3.63, 3.8) is 0 Å². The van der Waals surface area contributed by atoms with Gasteiger partial charge in [0.1, 0.15) is 12.7 Å². The number of hydrogen-bond acceptors (Lipinski definition) is 3. The SMILES string of the molecule is CCCC(C)(C)COC(=O)OC(C(C)C)C(C)C. The van der Waals surface area contributed by atoms with E-state index in [2.05, 4.69) is 48.5 Å². The number of carbonyl (C=O) groups excluding carboxylic acids is 1. The average molecular weight is 258 g/mol. The molecule has 0 atom stereocenters. The topological polar surface area (TPSA) is 35.5 Å². The molecule has 0 N–H and O–H groups in total. The van der Waals surface area contributed by atoms with Crippen molar-refractivity contribution in [1.82, 2.24) is 0 Å². The van der Waals surface area contributed by atoms with E-state index in [9.17, 15) is 4.79 Å². The van der Waals surface area contributed by atoms with Crippen LogP contribution in [0.1, 0.15) is 61.3 Å². The normalized spacial score (nSPS) is 12.3. The van der Waals surface area contributed by atoms with Gasteiger partial charge in [-0.05, 0) is 23.7 Å². The molecular weight excluding hydrogens is 228 g/mol. The van der Waals surface area contributed by atoms with Gasteiger partial charge in [-0.15, -0.1) is 0 Å². The second-order valence-electron chi connectivity index (χ2n) is 6.52. The van der Waals surface area contributed by atoms with Crippen molar-refractivity contribution in [3.8, 4) is 0 Å². The fraction of sp³-hybridized carbons (Fsp3) is 0.933. The first-order valence-electron chi connectivity index (χ1n) is 7.03. The van der Waals surface area contributed by atoms with Crippen LogP contribution in [0.2, 0.25) is 0 Å². The first-order valence-corrected chi connectivity index (χ1v) is 7.03. The summed E-state index contributed by atoms with van der Waals surface area (Å²) in [4.78, 5) is 11.7. The van der Waals surface area contributed by atoms with Crippen molar-refractivity contribution in [2.24, 2.45) is 17.3 Å². The van der Waals surface area contributed by atoms with E-state index in [4.69, 9.17) is 9.47 Å². The Hall–Kier alpha value is -0.730. The van der Waals surface area contributed by atoms with E-state index in [0.717, 1.165) is 12.8 Å². The summed E-state index contributed by atoms with van der Waals surface area (Å²) in [5.41, 5.74) is 0.0267. The highest BCUT2D eigenvalue weighted by atomic mass is 16.7. The van der Waals surface area contributed by atoms with Crippen LogP contribution in [0.5, 0.6) is 0 Å². The second-order valence-corrected chi connectivity index (χ2v) is 6.52. The molecule has 0 aromatic heterocycles. The van der Waals surface area contributed by atoms with Gasteiger partial charge in [0.25, 0.3) is 0 Å². The van der Waals surface area contributed by atoms with Crippen molar-refractivity contribution in [2.45, 2.75) is 67.4 Å². The van der Waals surface area contributed by atoms with Gasteiger partial charge in [-0.3, -0.25) is 0 Å². The van der Waals surface area contributed by atoms with Gasteiger partial charge >= 0.3 is 6.16 Å². The Bertz CT molecular complexity index is 236. The molecule has 0 fully saturated rings. The summed E-state index contributed by atoms with van der Waals surface area (Å²) in [5.74, 6) is 0.613. The molecule has 0 heterocycles. The molecule has 3 nitrogen and oxygen atoms in total. The van der Waals surface area contributed by atoms with Gasteiger partial charge in [0, 0.05) is 0 Å². The molecule has 0 radical (unpaired) electrons. The minimum Gasteiger partial charge on any atom is -0.434 e. The number of rotatable bonds is 7. The zero-order valence-corrected chi connectivity index (χ0v) is 13.1. The van der Waals surface area contributed by atoms with Crippen LogP contribution in [0.4, 0.5) is 4.79 Å². The van der Waals surface area contributed by atoms with E-state index in [1.807, 2.05) is 0 Å². The van der Waals surface area contributed by atoms with E-state index in [1.165, 1.54) is 0 Å². The van der Waals surface area contributed by atoms with E-state index in [-0.39, 0.29) is 11.5 Å². The molecule has 108 valence electrons. The Labute approximate surface area is 112 Å². The summed E-state index contributed by atoms with van der Waals surface area (Å²) in [5, 5.41) is 0. The number of carbonyl (C=O) groups is 1.